The molecular weight excluding hydrogens is 412 g/mol. The molecule has 31 heavy (non-hydrogen) atoms. The van der Waals surface area contributed by atoms with Crippen LogP contribution in [0.3, 0.4) is 0 Å². The predicted octanol–water partition coefficient (Wildman–Crippen LogP) is 4.81. The fourth-order valence-corrected chi connectivity index (χ4v) is 4.22. The lowest BCUT2D eigenvalue weighted by molar-refractivity contribution is -0.142. The monoisotopic (exact) mass is 442 g/mol. The van der Waals surface area contributed by atoms with Gasteiger partial charge in [-0.1, -0.05) is 48.7 Å². The quantitative estimate of drug-likeness (QED) is 0.638. The van der Waals surface area contributed by atoms with Crippen molar-refractivity contribution in [1.82, 2.24) is 10.2 Å². The first kappa shape index (κ1) is 23.1. The third-order valence-corrected chi connectivity index (χ3v) is 6.09. The van der Waals surface area contributed by atoms with Crippen LogP contribution in [0.15, 0.2) is 42.5 Å². The van der Waals surface area contributed by atoms with Crippen LogP contribution in [-0.4, -0.2) is 35.4 Å². The van der Waals surface area contributed by atoms with Gasteiger partial charge in [-0.15, -0.1) is 0 Å². The van der Waals surface area contributed by atoms with E-state index in [4.69, 9.17) is 16.3 Å². The minimum absolute atomic E-state index is 0.140. The molecule has 0 radical (unpaired) electrons. The predicted molar refractivity (Wildman–Crippen MR) is 123 cm³/mol. The van der Waals surface area contributed by atoms with Gasteiger partial charge in [-0.2, -0.15) is 0 Å². The third kappa shape index (κ3) is 6.47. The number of hydrogen-bond donors (Lipinski definition) is 1. The SMILES string of the molecule is Cc1cc(C)cc(OCC(=O)N(Cc2ccccc2Cl)[C@@H](C)C(=O)NC2CCCC2)c1. The minimum atomic E-state index is -0.632. The Balaban J connectivity index is 1.74. The molecule has 0 aliphatic heterocycles. The zero-order valence-electron chi connectivity index (χ0n) is 18.5. The fourth-order valence-electron chi connectivity index (χ4n) is 4.03. The summed E-state index contributed by atoms with van der Waals surface area (Å²) in [6.07, 6.45) is 4.25. The molecule has 2 aromatic carbocycles. The lowest BCUT2D eigenvalue weighted by Crippen LogP contribution is -2.50. The largest absolute Gasteiger partial charge is 0.484 e. The van der Waals surface area contributed by atoms with Gasteiger partial charge >= 0.3 is 0 Å². The molecule has 0 saturated heterocycles. The molecule has 166 valence electrons. The number of carbonyl (C=O) groups excluding carboxylic acids is 2. The number of ether oxygens (including phenoxy) is 1. The molecule has 1 saturated carbocycles. The van der Waals surface area contributed by atoms with E-state index in [1.54, 1.807) is 17.9 Å². The van der Waals surface area contributed by atoms with Crippen LogP contribution in [0.2, 0.25) is 5.02 Å². The first-order valence-corrected chi connectivity index (χ1v) is 11.3. The van der Waals surface area contributed by atoms with Crippen molar-refractivity contribution in [3.63, 3.8) is 0 Å². The van der Waals surface area contributed by atoms with Crippen molar-refractivity contribution in [1.29, 1.82) is 0 Å². The number of benzene rings is 2. The van der Waals surface area contributed by atoms with E-state index in [9.17, 15) is 9.59 Å². The van der Waals surface area contributed by atoms with Crippen LogP contribution in [0.25, 0.3) is 0 Å². The molecule has 0 heterocycles. The summed E-state index contributed by atoms with van der Waals surface area (Å²) in [6.45, 7) is 5.83. The molecule has 5 nitrogen and oxygen atoms in total. The Hall–Kier alpha value is -2.53. The maximum absolute atomic E-state index is 13.2. The van der Waals surface area contributed by atoms with Gasteiger partial charge in [-0.25, -0.2) is 0 Å². The number of aryl methyl sites for hydroxylation is 2. The molecule has 2 aromatic rings. The standard InChI is InChI=1S/C25H31ClN2O3/c1-17-12-18(2)14-22(13-17)31-16-24(29)28(15-20-8-4-7-11-23(20)26)19(3)25(30)27-21-9-5-6-10-21/h4,7-8,11-14,19,21H,5-6,9-10,15-16H2,1-3H3,(H,27,30)/t19-/m0/s1. The number of carbonyl (C=O) groups is 2. The highest BCUT2D eigenvalue weighted by Crippen LogP contribution is 2.21. The van der Waals surface area contributed by atoms with Gasteiger partial charge in [-0.05, 0) is 68.5 Å². The van der Waals surface area contributed by atoms with E-state index < -0.39 is 6.04 Å². The van der Waals surface area contributed by atoms with Crippen molar-refractivity contribution in [2.45, 2.75) is 65.1 Å². The Morgan fingerprint density at radius 3 is 2.42 bits per heavy atom. The van der Waals surface area contributed by atoms with Crippen LogP contribution >= 0.6 is 11.6 Å². The highest BCUT2D eigenvalue weighted by Gasteiger charge is 2.29. The molecule has 3 rings (SSSR count). The normalized spacial score (nSPS) is 14.8. The van der Waals surface area contributed by atoms with Crippen LogP contribution < -0.4 is 10.1 Å². The Labute approximate surface area is 189 Å². The van der Waals surface area contributed by atoms with Gasteiger partial charge in [0.2, 0.25) is 5.91 Å². The topological polar surface area (TPSA) is 58.6 Å². The summed E-state index contributed by atoms with van der Waals surface area (Å²) in [5.74, 6) is 0.249. The first-order valence-electron chi connectivity index (χ1n) is 10.9. The van der Waals surface area contributed by atoms with Crippen LogP contribution in [0.5, 0.6) is 5.75 Å². The van der Waals surface area contributed by atoms with E-state index in [-0.39, 0.29) is 31.0 Å². The number of amides is 2. The molecule has 1 aliphatic carbocycles. The van der Waals surface area contributed by atoms with E-state index in [2.05, 4.69) is 5.32 Å². The number of halogens is 1. The molecular formula is C25H31ClN2O3. The highest BCUT2D eigenvalue weighted by molar-refractivity contribution is 6.31. The number of nitrogens with zero attached hydrogens (tertiary/aromatic N) is 1. The molecule has 1 fully saturated rings. The summed E-state index contributed by atoms with van der Waals surface area (Å²) in [5, 5.41) is 3.66. The summed E-state index contributed by atoms with van der Waals surface area (Å²) in [6, 6.07) is 12.8. The summed E-state index contributed by atoms with van der Waals surface area (Å²) in [4.78, 5) is 27.6. The summed E-state index contributed by atoms with van der Waals surface area (Å²) in [5.41, 5.74) is 2.93. The number of rotatable bonds is 8. The summed E-state index contributed by atoms with van der Waals surface area (Å²) < 4.78 is 5.79. The van der Waals surface area contributed by atoms with Gasteiger partial charge < -0.3 is 15.0 Å². The van der Waals surface area contributed by atoms with Gasteiger partial charge in [0.25, 0.3) is 5.91 Å². The van der Waals surface area contributed by atoms with E-state index >= 15 is 0 Å². The zero-order valence-corrected chi connectivity index (χ0v) is 19.2. The lowest BCUT2D eigenvalue weighted by Gasteiger charge is -2.30. The van der Waals surface area contributed by atoms with Crippen molar-refractivity contribution < 1.29 is 14.3 Å². The van der Waals surface area contributed by atoms with Crippen LogP contribution in [0, 0.1) is 13.8 Å². The Kier molecular flexibility index (Phi) is 7.97. The van der Waals surface area contributed by atoms with Crippen molar-refractivity contribution >= 4 is 23.4 Å². The summed E-state index contributed by atoms with van der Waals surface area (Å²) >= 11 is 6.33. The Morgan fingerprint density at radius 2 is 1.77 bits per heavy atom. The molecule has 1 atom stereocenters. The van der Waals surface area contributed by atoms with Crippen molar-refractivity contribution in [2.24, 2.45) is 0 Å². The van der Waals surface area contributed by atoms with Crippen LogP contribution in [0.1, 0.15) is 49.3 Å². The zero-order chi connectivity index (χ0) is 22.4. The van der Waals surface area contributed by atoms with E-state index in [1.165, 1.54) is 0 Å². The minimum Gasteiger partial charge on any atom is -0.484 e. The second-order valence-electron chi connectivity index (χ2n) is 8.39. The van der Waals surface area contributed by atoms with E-state index in [0.29, 0.717) is 10.8 Å². The van der Waals surface area contributed by atoms with Gasteiger partial charge in [0, 0.05) is 17.6 Å². The van der Waals surface area contributed by atoms with E-state index in [0.717, 1.165) is 42.4 Å². The fraction of sp³-hybridized carbons (Fsp3) is 0.440. The molecule has 1 aliphatic rings. The Bertz CT molecular complexity index is 904. The second kappa shape index (κ2) is 10.7. The molecule has 0 bridgehead atoms. The highest BCUT2D eigenvalue weighted by atomic mass is 35.5. The molecule has 2 amide bonds. The maximum Gasteiger partial charge on any atom is 0.261 e. The third-order valence-electron chi connectivity index (χ3n) is 5.72. The van der Waals surface area contributed by atoms with Gasteiger partial charge in [-0.3, -0.25) is 9.59 Å². The molecule has 0 aromatic heterocycles. The smallest absolute Gasteiger partial charge is 0.261 e. The summed E-state index contributed by atoms with van der Waals surface area (Å²) in [7, 11) is 0. The molecule has 0 spiro atoms. The average molecular weight is 443 g/mol. The lowest BCUT2D eigenvalue weighted by atomic mass is 10.1. The van der Waals surface area contributed by atoms with E-state index in [1.807, 2.05) is 50.2 Å². The second-order valence-corrected chi connectivity index (χ2v) is 8.80. The van der Waals surface area contributed by atoms with Gasteiger partial charge in [0.1, 0.15) is 11.8 Å². The number of hydrogen-bond acceptors (Lipinski definition) is 3. The van der Waals surface area contributed by atoms with Gasteiger partial charge in [0.15, 0.2) is 6.61 Å². The van der Waals surface area contributed by atoms with Crippen LogP contribution in [0.4, 0.5) is 0 Å². The number of nitrogens with one attached hydrogen (secondary N) is 1. The van der Waals surface area contributed by atoms with Crippen LogP contribution in [-0.2, 0) is 16.1 Å². The van der Waals surface area contributed by atoms with Crippen molar-refractivity contribution in [3.05, 3.63) is 64.2 Å². The molecule has 1 N–H and O–H groups in total. The van der Waals surface area contributed by atoms with Gasteiger partial charge in [0.05, 0.1) is 0 Å². The van der Waals surface area contributed by atoms with Crippen molar-refractivity contribution in [2.75, 3.05) is 6.61 Å². The molecule has 0 unspecified atom stereocenters. The maximum atomic E-state index is 13.2. The first-order chi connectivity index (χ1) is 14.8. The average Bonchev–Trinajstić information content (AvgIpc) is 3.23. The van der Waals surface area contributed by atoms with Crippen molar-refractivity contribution in [3.8, 4) is 5.75 Å². The Morgan fingerprint density at radius 1 is 1.13 bits per heavy atom. The molecule has 6 heteroatoms.